The van der Waals surface area contributed by atoms with E-state index >= 15 is 0 Å². The van der Waals surface area contributed by atoms with Crippen LogP contribution in [0.3, 0.4) is 0 Å². The topological polar surface area (TPSA) is 29.3 Å². The van der Waals surface area contributed by atoms with Crippen LogP contribution in [0.15, 0.2) is 0 Å². The molecule has 2 atom stereocenters. The van der Waals surface area contributed by atoms with Crippen molar-refractivity contribution in [3.63, 3.8) is 0 Å². The van der Waals surface area contributed by atoms with Crippen LogP contribution >= 0.6 is 0 Å². The summed E-state index contributed by atoms with van der Waals surface area (Å²) in [6, 6.07) is 1.25. The molecule has 2 rings (SSSR count). The molecule has 0 spiro atoms. The molecular weight excluding hydrogens is 220 g/mol. The predicted molar refractivity (Wildman–Crippen MR) is 78.6 cm³/mol. The molecule has 2 N–H and O–H groups in total. The van der Waals surface area contributed by atoms with Crippen molar-refractivity contribution >= 4 is 0 Å². The normalized spacial score (nSPS) is 36.5. The Labute approximate surface area is 113 Å². The van der Waals surface area contributed by atoms with Gasteiger partial charge in [0.15, 0.2) is 0 Å². The Morgan fingerprint density at radius 2 is 1.89 bits per heavy atom. The van der Waals surface area contributed by atoms with Gasteiger partial charge in [-0.2, -0.15) is 0 Å². The Morgan fingerprint density at radius 1 is 1.17 bits per heavy atom. The van der Waals surface area contributed by atoms with Crippen LogP contribution in [0.4, 0.5) is 0 Å². The Kier molecular flexibility index (Phi) is 5.50. The van der Waals surface area contributed by atoms with Crippen LogP contribution < -0.4 is 5.73 Å². The summed E-state index contributed by atoms with van der Waals surface area (Å²) in [7, 11) is 0. The van der Waals surface area contributed by atoms with E-state index in [-0.39, 0.29) is 0 Å². The number of rotatable bonds is 4. The fraction of sp³-hybridized carbons (Fsp3) is 1.00. The third kappa shape index (κ3) is 3.71. The minimum absolute atomic E-state index is 0.379. The first-order valence-electron chi connectivity index (χ1n) is 8.20. The highest BCUT2D eigenvalue weighted by Crippen LogP contribution is 2.32. The third-order valence-corrected chi connectivity index (χ3v) is 5.26. The summed E-state index contributed by atoms with van der Waals surface area (Å²) in [5.41, 5.74) is 6.09. The Morgan fingerprint density at radius 3 is 2.50 bits per heavy atom. The van der Waals surface area contributed by atoms with Crippen molar-refractivity contribution in [3.8, 4) is 0 Å². The first kappa shape index (κ1) is 14.3. The van der Waals surface area contributed by atoms with Gasteiger partial charge in [0.2, 0.25) is 0 Å². The van der Waals surface area contributed by atoms with Gasteiger partial charge in [-0.25, -0.2) is 0 Å². The average Bonchev–Trinajstić information content (AvgIpc) is 2.40. The van der Waals surface area contributed by atoms with E-state index in [0.29, 0.717) is 6.04 Å². The van der Waals surface area contributed by atoms with Gasteiger partial charge in [-0.05, 0) is 63.8 Å². The van der Waals surface area contributed by atoms with Crippen LogP contribution in [0, 0.1) is 11.8 Å². The molecule has 0 radical (unpaired) electrons. The second-order valence-electron chi connectivity index (χ2n) is 6.72. The maximum absolute atomic E-state index is 6.09. The summed E-state index contributed by atoms with van der Waals surface area (Å²) in [4.78, 5) is 2.76. The fourth-order valence-corrected chi connectivity index (χ4v) is 4.01. The van der Waals surface area contributed by atoms with Crippen LogP contribution in [0.25, 0.3) is 0 Å². The average molecular weight is 252 g/mol. The quantitative estimate of drug-likeness (QED) is 0.831. The second kappa shape index (κ2) is 6.91. The second-order valence-corrected chi connectivity index (χ2v) is 6.72. The minimum atomic E-state index is 0.379. The van der Waals surface area contributed by atoms with Crippen molar-refractivity contribution < 1.29 is 0 Å². The van der Waals surface area contributed by atoms with Gasteiger partial charge in [0, 0.05) is 18.6 Å². The molecule has 0 aromatic heterocycles. The fourth-order valence-electron chi connectivity index (χ4n) is 4.01. The number of likely N-dealkylation sites (tertiary alicyclic amines) is 1. The summed E-state index contributed by atoms with van der Waals surface area (Å²) in [5.74, 6) is 1.77. The lowest BCUT2D eigenvalue weighted by atomic mass is 9.81. The lowest BCUT2D eigenvalue weighted by molar-refractivity contribution is 0.0796. The molecule has 1 aliphatic carbocycles. The van der Waals surface area contributed by atoms with Crippen LogP contribution in [-0.4, -0.2) is 30.1 Å². The lowest BCUT2D eigenvalue weighted by Crippen LogP contribution is -2.47. The largest absolute Gasteiger partial charge is 0.328 e. The van der Waals surface area contributed by atoms with Gasteiger partial charge < -0.3 is 10.6 Å². The van der Waals surface area contributed by atoms with Crippen LogP contribution in [0.2, 0.25) is 0 Å². The predicted octanol–water partition coefficient (Wildman–Crippen LogP) is 3.40. The van der Waals surface area contributed by atoms with Gasteiger partial charge in [-0.1, -0.05) is 19.8 Å². The zero-order valence-corrected chi connectivity index (χ0v) is 12.4. The first-order chi connectivity index (χ1) is 8.70. The van der Waals surface area contributed by atoms with Gasteiger partial charge >= 0.3 is 0 Å². The van der Waals surface area contributed by atoms with Crippen molar-refractivity contribution in [1.29, 1.82) is 0 Å². The van der Waals surface area contributed by atoms with E-state index in [1.165, 1.54) is 64.5 Å². The molecule has 2 nitrogen and oxygen atoms in total. The molecule has 18 heavy (non-hydrogen) atoms. The zero-order valence-electron chi connectivity index (χ0n) is 12.4. The zero-order chi connectivity index (χ0) is 13.0. The van der Waals surface area contributed by atoms with E-state index in [1.807, 2.05) is 0 Å². The summed E-state index contributed by atoms with van der Waals surface area (Å²) >= 11 is 0. The maximum atomic E-state index is 6.09. The number of nitrogens with zero attached hydrogens (tertiary/aromatic N) is 1. The van der Waals surface area contributed by atoms with Crippen molar-refractivity contribution in [2.24, 2.45) is 17.6 Å². The number of hydrogen-bond acceptors (Lipinski definition) is 2. The summed E-state index contributed by atoms with van der Waals surface area (Å²) in [6.45, 7) is 7.10. The monoisotopic (exact) mass is 252 g/mol. The van der Waals surface area contributed by atoms with Crippen molar-refractivity contribution in [1.82, 2.24) is 4.90 Å². The highest BCUT2D eigenvalue weighted by Gasteiger charge is 2.30. The maximum Gasteiger partial charge on any atom is 0.00955 e. The smallest absolute Gasteiger partial charge is 0.00955 e. The van der Waals surface area contributed by atoms with E-state index in [0.717, 1.165) is 17.9 Å². The van der Waals surface area contributed by atoms with Crippen molar-refractivity contribution in [3.05, 3.63) is 0 Å². The number of piperidine rings is 1. The van der Waals surface area contributed by atoms with Crippen LogP contribution in [-0.2, 0) is 0 Å². The highest BCUT2D eigenvalue weighted by molar-refractivity contribution is 4.85. The molecule has 1 saturated heterocycles. The van der Waals surface area contributed by atoms with Crippen molar-refractivity contribution in [2.75, 3.05) is 13.1 Å². The SMILES string of the molecule is CCCC1CCC(N2CCCC(C(C)N)C2)CC1. The van der Waals surface area contributed by atoms with Gasteiger partial charge in [-0.15, -0.1) is 0 Å². The van der Waals surface area contributed by atoms with Crippen molar-refractivity contribution in [2.45, 2.75) is 77.3 Å². The standard InChI is InChI=1S/C16H32N2/c1-3-5-14-7-9-16(10-8-14)18-11-4-6-15(12-18)13(2)17/h13-16H,3-12,17H2,1-2H3. The van der Waals surface area contributed by atoms with E-state index in [9.17, 15) is 0 Å². The van der Waals surface area contributed by atoms with E-state index in [2.05, 4.69) is 18.7 Å². The molecule has 1 saturated carbocycles. The summed E-state index contributed by atoms with van der Waals surface area (Å²) < 4.78 is 0. The molecule has 2 aliphatic rings. The van der Waals surface area contributed by atoms with E-state index < -0.39 is 0 Å². The van der Waals surface area contributed by atoms with E-state index in [4.69, 9.17) is 5.73 Å². The van der Waals surface area contributed by atoms with E-state index in [1.54, 1.807) is 0 Å². The molecule has 0 amide bonds. The number of hydrogen-bond donors (Lipinski definition) is 1. The summed E-state index contributed by atoms with van der Waals surface area (Å²) in [5, 5.41) is 0. The number of nitrogens with two attached hydrogens (primary N) is 1. The molecule has 0 aromatic carbocycles. The molecule has 1 heterocycles. The molecule has 2 fully saturated rings. The van der Waals surface area contributed by atoms with Gasteiger partial charge in [0.25, 0.3) is 0 Å². The van der Waals surface area contributed by atoms with Crippen LogP contribution in [0.1, 0.15) is 65.2 Å². The Balaban J connectivity index is 1.78. The molecule has 0 bridgehead atoms. The third-order valence-electron chi connectivity index (χ3n) is 5.26. The van der Waals surface area contributed by atoms with Gasteiger partial charge in [-0.3, -0.25) is 0 Å². The first-order valence-corrected chi connectivity index (χ1v) is 8.20. The van der Waals surface area contributed by atoms with Crippen LogP contribution in [0.5, 0.6) is 0 Å². The van der Waals surface area contributed by atoms with Gasteiger partial charge in [0.05, 0.1) is 0 Å². The molecular formula is C16H32N2. The van der Waals surface area contributed by atoms with Gasteiger partial charge in [0.1, 0.15) is 0 Å². The molecule has 106 valence electrons. The summed E-state index contributed by atoms with van der Waals surface area (Å²) in [6.07, 6.45) is 11.4. The molecule has 1 aliphatic heterocycles. The minimum Gasteiger partial charge on any atom is -0.328 e. The molecule has 2 unspecified atom stereocenters. The highest BCUT2D eigenvalue weighted by atomic mass is 15.2. The Hall–Kier alpha value is -0.0800. The molecule has 2 heteroatoms. The Bertz CT molecular complexity index is 231. The molecule has 0 aromatic rings. The lowest BCUT2D eigenvalue weighted by Gasteiger charge is -2.42.